The molecule has 2 aromatic rings. The van der Waals surface area contributed by atoms with Gasteiger partial charge in [0, 0.05) is 17.1 Å². The summed E-state index contributed by atoms with van der Waals surface area (Å²) in [5.74, 6) is -0.307. The van der Waals surface area contributed by atoms with Gasteiger partial charge in [-0.15, -0.1) is 0 Å². The number of likely N-dealkylation sites (N-methyl/N-ethyl adjacent to an activating group) is 1. The maximum atomic E-state index is 11.3. The largest absolute Gasteiger partial charge is 0.468 e. The van der Waals surface area contributed by atoms with E-state index in [4.69, 9.17) is 12.2 Å². The molecule has 5 heteroatoms. The number of hydrogen-bond acceptors (Lipinski definition) is 3. The van der Waals surface area contributed by atoms with Crippen molar-refractivity contribution in [3.8, 4) is 0 Å². The third kappa shape index (κ3) is 3.16. The van der Waals surface area contributed by atoms with E-state index in [2.05, 4.69) is 20.7 Å². The van der Waals surface area contributed by atoms with Crippen molar-refractivity contribution in [3.05, 3.63) is 46.4 Å². The molecule has 3 nitrogen and oxygen atoms in total. The summed E-state index contributed by atoms with van der Waals surface area (Å²) < 4.78 is 5.70. The number of ether oxygens (including phenoxy) is 1. The van der Waals surface area contributed by atoms with Gasteiger partial charge in [0.15, 0.2) is 0 Å². The summed E-state index contributed by atoms with van der Waals surface area (Å²) in [6, 6.07) is 12.0. The molecule has 104 valence electrons. The molecule has 0 saturated heterocycles. The van der Waals surface area contributed by atoms with Crippen LogP contribution in [0.2, 0.25) is 0 Å². The number of rotatable bonds is 3. The minimum atomic E-state index is -0.307. The maximum absolute atomic E-state index is 11.3. The summed E-state index contributed by atoms with van der Waals surface area (Å²) in [7, 11) is 3.15. The van der Waals surface area contributed by atoms with Crippen LogP contribution in [0.25, 0.3) is 10.8 Å². The minimum absolute atomic E-state index is 0.145. The Hall–Kier alpha value is -1.46. The van der Waals surface area contributed by atoms with Crippen molar-refractivity contribution in [2.24, 2.45) is 0 Å². The van der Waals surface area contributed by atoms with Crippen LogP contribution < -0.4 is 0 Å². The molecule has 0 N–H and O–H groups in total. The first kappa shape index (κ1) is 14.9. The van der Waals surface area contributed by atoms with Crippen molar-refractivity contribution >= 4 is 49.9 Å². The number of esters is 1. The monoisotopic (exact) mass is 351 g/mol. The number of carbonyl (C=O) groups is 1. The van der Waals surface area contributed by atoms with Crippen LogP contribution in [-0.2, 0) is 9.53 Å². The molecule has 0 unspecified atom stereocenters. The van der Waals surface area contributed by atoms with Crippen LogP contribution >= 0.6 is 28.1 Å². The smallest absolute Gasteiger partial charge is 0.325 e. The highest BCUT2D eigenvalue weighted by atomic mass is 79.9. The number of thiocarbonyl (C=S) groups is 1. The molecule has 0 heterocycles. The lowest BCUT2D eigenvalue weighted by Gasteiger charge is -2.19. The summed E-state index contributed by atoms with van der Waals surface area (Å²) >= 11 is 8.94. The van der Waals surface area contributed by atoms with Crippen LogP contribution in [0.1, 0.15) is 5.56 Å². The van der Waals surface area contributed by atoms with Gasteiger partial charge in [-0.05, 0) is 22.9 Å². The molecule has 2 rings (SSSR count). The highest BCUT2D eigenvalue weighted by Gasteiger charge is 2.12. The second-order valence-electron chi connectivity index (χ2n) is 4.41. The molecular weight excluding hydrogens is 338 g/mol. The summed E-state index contributed by atoms with van der Waals surface area (Å²) in [6.07, 6.45) is 0. The van der Waals surface area contributed by atoms with Crippen molar-refractivity contribution < 1.29 is 9.53 Å². The highest BCUT2D eigenvalue weighted by Crippen LogP contribution is 2.25. The van der Waals surface area contributed by atoms with Crippen molar-refractivity contribution in [2.45, 2.75) is 0 Å². The fourth-order valence-corrected chi connectivity index (χ4v) is 2.63. The van der Waals surface area contributed by atoms with Gasteiger partial charge in [-0.2, -0.15) is 0 Å². The first-order chi connectivity index (χ1) is 9.52. The number of hydrogen-bond donors (Lipinski definition) is 0. The standard InChI is InChI=1S/C15H14BrNO2S/c1-17(9-14(18)19-2)15(20)11-6-7-12-10(8-11)4-3-5-13(12)16/h3-8H,9H2,1-2H3. The molecule has 0 atom stereocenters. The first-order valence-electron chi connectivity index (χ1n) is 6.03. The van der Waals surface area contributed by atoms with Gasteiger partial charge in [-0.3, -0.25) is 4.79 Å². The molecule has 0 aliphatic rings. The van der Waals surface area contributed by atoms with Gasteiger partial charge in [-0.25, -0.2) is 0 Å². The Morgan fingerprint density at radius 1 is 1.35 bits per heavy atom. The van der Waals surface area contributed by atoms with Crippen molar-refractivity contribution in [3.63, 3.8) is 0 Å². The van der Waals surface area contributed by atoms with Crippen LogP contribution in [0.5, 0.6) is 0 Å². The zero-order valence-corrected chi connectivity index (χ0v) is 13.6. The summed E-state index contributed by atoms with van der Waals surface area (Å²) in [6.45, 7) is 0.145. The van der Waals surface area contributed by atoms with Crippen LogP contribution in [0.4, 0.5) is 0 Å². The van der Waals surface area contributed by atoms with Gasteiger partial charge < -0.3 is 9.64 Å². The summed E-state index contributed by atoms with van der Waals surface area (Å²) in [5, 5.41) is 2.24. The normalized spacial score (nSPS) is 10.3. The van der Waals surface area contributed by atoms with Crippen molar-refractivity contribution in [1.82, 2.24) is 4.90 Å². The zero-order valence-electron chi connectivity index (χ0n) is 11.2. The van der Waals surface area contributed by atoms with Gasteiger partial charge in [0.1, 0.15) is 11.5 Å². The van der Waals surface area contributed by atoms with Crippen LogP contribution in [0.3, 0.4) is 0 Å². The van der Waals surface area contributed by atoms with E-state index in [1.165, 1.54) is 7.11 Å². The maximum Gasteiger partial charge on any atom is 0.325 e. The minimum Gasteiger partial charge on any atom is -0.468 e. The van der Waals surface area contributed by atoms with E-state index in [1.807, 2.05) is 36.4 Å². The fraction of sp³-hybridized carbons (Fsp3) is 0.200. The van der Waals surface area contributed by atoms with Crippen LogP contribution in [0.15, 0.2) is 40.9 Å². The summed E-state index contributed by atoms with van der Waals surface area (Å²) in [4.78, 5) is 13.6. The topological polar surface area (TPSA) is 29.5 Å². The predicted octanol–water partition coefficient (Wildman–Crippen LogP) is 3.38. The zero-order chi connectivity index (χ0) is 14.7. The van der Waals surface area contributed by atoms with Gasteiger partial charge >= 0.3 is 5.97 Å². The van der Waals surface area contributed by atoms with Crippen LogP contribution in [-0.4, -0.2) is 36.6 Å². The number of benzene rings is 2. The lowest BCUT2D eigenvalue weighted by atomic mass is 10.1. The van der Waals surface area contributed by atoms with Crippen molar-refractivity contribution in [1.29, 1.82) is 0 Å². The Kier molecular flexibility index (Phi) is 4.73. The Labute approximate surface area is 131 Å². The van der Waals surface area contributed by atoms with E-state index in [-0.39, 0.29) is 12.5 Å². The Morgan fingerprint density at radius 2 is 2.10 bits per heavy atom. The quantitative estimate of drug-likeness (QED) is 0.626. The molecule has 0 amide bonds. The first-order valence-corrected chi connectivity index (χ1v) is 7.23. The molecule has 0 aromatic heterocycles. The highest BCUT2D eigenvalue weighted by molar-refractivity contribution is 9.10. The fourth-order valence-electron chi connectivity index (χ4n) is 1.93. The molecule has 0 radical (unpaired) electrons. The predicted molar refractivity (Wildman–Crippen MR) is 88.0 cm³/mol. The van der Waals surface area contributed by atoms with Gasteiger partial charge in [-0.1, -0.05) is 52.4 Å². The van der Waals surface area contributed by atoms with E-state index in [9.17, 15) is 4.79 Å². The number of halogens is 1. The van der Waals surface area contributed by atoms with Crippen LogP contribution in [0, 0.1) is 0 Å². The average molecular weight is 352 g/mol. The Balaban J connectivity index is 2.29. The number of nitrogens with zero attached hydrogens (tertiary/aromatic N) is 1. The third-order valence-corrected chi connectivity index (χ3v) is 4.25. The Morgan fingerprint density at radius 3 is 2.80 bits per heavy atom. The second-order valence-corrected chi connectivity index (χ2v) is 5.65. The summed E-state index contributed by atoms with van der Waals surface area (Å²) in [5.41, 5.74) is 0.914. The Bertz CT molecular complexity index is 672. The molecule has 0 bridgehead atoms. The number of methoxy groups -OCH3 is 1. The van der Waals surface area contributed by atoms with E-state index < -0.39 is 0 Å². The van der Waals surface area contributed by atoms with Gasteiger partial charge in [0.2, 0.25) is 0 Å². The van der Waals surface area contributed by atoms with Gasteiger partial charge in [0.05, 0.1) is 7.11 Å². The number of fused-ring (bicyclic) bond motifs is 1. The molecule has 0 aliphatic heterocycles. The lowest BCUT2D eigenvalue weighted by Crippen LogP contribution is -2.31. The van der Waals surface area contributed by atoms with E-state index in [0.717, 1.165) is 20.8 Å². The molecule has 20 heavy (non-hydrogen) atoms. The average Bonchev–Trinajstić information content (AvgIpc) is 2.46. The molecule has 0 aliphatic carbocycles. The lowest BCUT2D eigenvalue weighted by molar-refractivity contribution is -0.140. The molecule has 0 spiro atoms. The molecular formula is C15H14BrNO2S. The molecule has 2 aromatic carbocycles. The third-order valence-electron chi connectivity index (χ3n) is 3.01. The SMILES string of the molecule is COC(=O)CN(C)C(=S)c1ccc2c(Br)cccc2c1. The molecule has 0 fully saturated rings. The van der Waals surface area contributed by atoms with Crippen molar-refractivity contribution in [2.75, 3.05) is 20.7 Å². The van der Waals surface area contributed by atoms with E-state index in [1.54, 1.807) is 11.9 Å². The van der Waals surface area contributed by atoms with E-state index >= 15 is 0 Å². The number of carbonyl (C=O) groups excluding carboxylic acids is 1. The second kappa shape index (κ2) is 6.33. The molecule has 0 saturated carbocycles. The van der Waals surface area contributed by atoms with E-state index in [0.29, 0.717) is 4.99 Å². The van der Waals surface area contributed by atoms with Gasteiger partial charge in [0.25, 0.3) is 0 Å².